The molecule has 2 atom stereocenters. The summed E-state index contributed by atoms with van der Waals surface area (Å²) in [6.45, 7) is 4.75. The summed E-state index contributed by atoms with van der Waals surface area (Å²) in [6, 6.07) is -0.585. The Morgan fingerprint density at radius 2 is 2.35 bits per heavy atom. The molecule has 1 aliphatic rings. The maximum absolute atomic E-state index is 11.7. The van der Waals surface area contributed by atoms with Crippen LogP contribution in [0.25, 0.3) is 0 Å². The summed E-state index contributed by atoms with van der Waals surface area (Å²) in [5, 5.41) is 11.1. The Morgan fingerprint density at radius 1 is 1.59 bits per heavy atom. The van der Waals surface area contributed by atoms with Crippen molar-refractivity contribution in [2.45, 2.75) is 51.7 Å². The molecule has 0 saturated heterocycles. The molecule has 0 bridgehead atoms. The van der Waals surface area contributed by atoms with E-state index in [0.29, 0.717) is 6.42 Å². The molecule has 17 heavy (non-hydrogen) atoms. The largest absolute Gasteiger partial charge is 0.345 e. The van der Waals surface area contributed by atoms with Crippen LogP contribution in [0.2, 0.25) is 0 Å². The molecule has 3 N–H and O–H groups in total. The Kier molecular flexibility index (Phi) is 3.42. The number of nitrogens with two attached hydrogens (primary N) is 1. The van der Waals surface area contributed by atoms with Gasteiger partial charge in [-0.15, -0.1) is 10.2 Å². The van der Waals surface area contributed by atoms with Gasteiger partial charge in [0.05, 0.1) is 12.1 Å². The zero-order valence-corrected chi connectivity index (χ0v) is 10.3. The summed E-state index contributed by atoms with van der Waals surface area (Å²) in [6.07, 6.45) is 2.71. The predicted molar refractivity (Wildman–Crippen MR) is 63.2 cm³/mol. The highest BCUT2D eigenvalue weighted by Gasteiger charge is 2.23. The minimum Gasteiger partial charge on any atom is -0.345 e. The summed E-state index contributed by atoms with van der Waals surface area (Å²) in [5.74, 6) is 1.71. The van der Waals surface area contributed by atoms with Gasteiger partial charge < -0.3 is 15.6 Å². The third-order valence-corrected chi connectivity index (χ3v) is 3.16. The van der Waals surface area contributed by atoms with E-state index in [1.165, 1.54) is 0 Å². The van der Waals surface area contributed by atoms with Crippen molar-refractivity contribution in [2.75, 3.05) is 0 Å². The number of hydrogen-bond donors (Lipinski definition) is 2. The van der Waals surface area contributed by atoms with Crippen molar-refractivity contribution in [1.82, 2.24) is 20.1 Å². The number of fused-ring (bicyclic) bond motifs is 1. The first-order valence-corrected chi connectivity index (χ1v) is 6.11. The van der Waals surface area contributed by atoms with E-state index >= 15 is 0 Å². The number of aryl methyl sites for hydroxylation is 1. The molecule has 0 saturated carbocycles. The number of nitrogens with one attached hydrogen (secondary N) is 1. The Bertz CT molecular complexity index is 414. The maximum Gasteiger partial charge on any atom is 0.237 e. The quantitative estimate of drug-likeness (QED) is 0.780. The van der Waals surface area contributed by atoms with Gasteiger partial charge in [-0.1, -0.05) is 6.92 Å². The van der Waals surface area contributed by atoms with Crippen molar-refractivity contribution in [3.05, 3.63) is 11.6 Å². The predicted octanol–water partition coefficient (Wildman–Crippen LogP) is 0.139. The van der Waals surface area contributed by atoms with E-state index in [-0.39, 0.29) is 11.9 Å². The van der Waals surface area contributed by atoms with Crippen molar-refractivity contribution in [3.8, 4) is 0 Å². The van der Waals surface area contributed by atoms with Gasteiger partial charge in [-0.2, -0.15) is 0 Å². The maximum atomic E-state index is 11.7. The van der Waals surface area contributed by atoms with Gasteiger partial charge in [0, 0.05) is 13.0 Å². The van der Waals surface area contributed by atoms with Crippen molar-refractivity contribution < 1.29 is 4.79 Å². The lowest BCUT2D eigenvalue weighted by atomic mass is 10.2. The Hall–Kier alpha value is -1.43. The van der Waals surface area contributed by atoms with Gasteiger partial charge in [0.25, 0.3) is 0 Å². The van der Waals surface area contributed by atoms with Crippen LogP contribution in [0.4, 0.5) is 0 Å². The molecule has 1 aromatic heterocycles. The Labute approximate surface area is 101 Å². The molecule has 2 rings (SSSR count). The molecule has 0 fully saturated rings. The van der Waals surface area contributed by atoms with Crippen LogP contribution in [0.5, 0.6) is 0 Å². The Morgan fingerprint density at radius 3 is 3.06 bits per heavy atom. The van der Waals surface area contributed by atoms with E-state index < -0.39 is 6.04 Å². The van der Waals surface area contributed by atoms with Crippen LogP contribution >= 0.6 is 0 Å². The lowest BCUT2D eigenvalue weighted by Gasteiger charge is -2.16. The number of nitrogens with zero attached hydrogens (tertiary/aromatic N) is 3. The number of amides is 1. The number of carbonyl (C=O) groups is 1. The van der Waals surface area contributed by atoms with Gasteiger partial charge in [0.1, 0.15) is 5.82 Å². The van der Waals surface area contributed by atoms with Gasteiger partial charge in [-0.05, 0) is 19.8 Å². The van der Waals surface area contributed by atoms with Gasteiger partial charge in [0.15, 0.2) is 5.82 Å². The van der Waals surface area contributed by atoms with Gasteiger partial charge in [-0.25, -0.2) is 0 Å². The third kappa shape index (κ3) is 2.31. The minimum absolute atomic E-state index is 0.129. The van der Waals surface area contributed by atoms with Crippen molar-refractivity contribution in [1.29, 1.82) is 0 Å². The van der Waals surface area contributed by atoms with Gasteiger partial charge >= 0.3 is 0 Å². The molecule has 1 aliphatic heterocycles. The van der Waals surface area contributed by atoms with Crippen LogP contribution in [0.1, 0.15) is 44.4 Å². The molecule has 2 unspecified atom stereocenters. The molecule has 1 amide bonds. The van der Waals surface area contributed by atoms with Crippen molar-refractivity contribution in [2.24, 2.45) is 5.73 Å². The van der Waals surface area contributed by atoms with E-state index in [1.54, 1.807) is 0 Å². The molecule has 2 heterocycles. The summed E-state index contributed by atoms with van der Waals surface area (Å²) in [7, 11) is 0. The number of rotatable bonds is 4. The van der Waals surface area contributed by atoms with Crippen LogP contribution in [0, 0.1) is 0 Å². The van der Waals surface area contributed by atoms with Crippen molar-refractivity contribution >= 4 is 5.91 Å². The highest BCUT2D eigenvalue weighted by Crippen LogP contribution is 2.18. The fraction of sp³-hybridized carbons (Fsp3) is 0.727. The summed E-state index contributed by atoms with van der Waals surface area (Å²) >= 11 is 0. The summed E-state index contributed by atoms with van der Waals surface area (Å²) in [5.41, 5.74) is 5.68. The second-order valence-corrected chi connectivity index (χ2v) is 4.47. The van der Waals surface area contributed by atoms with Crippen LogP contribution < -0.4 is 11.1 Å². The molecule has 0 spiro atoms. The highest BCUT2D eigenvalue weighted by molar-refractivity contribution is 5.81. The van der Waals surface area contributed by atoms with E-state index in [0.717, 1.165) is 31.0 Å². The van der Waals surface area contributed by atoms with E-state index in [2.05, 4.69) is 20.1 Å². The molecular formula is C11H19N5O. The summed E-state index contributed by atoms with van der Waals surface area (Å²) < 4.78 is 2.09. The molecule has 1 aromatic rings. The lowest BCUT2D eigenvalue weighted by Crippen LogP contribution is -2.41. The molecular weight excluding hydrogens is 218 g/mol. The first kappa shape index (κ1) is 12.0. The van der Waals surface area contributed by atoms with Crippen LogP contribution in [0.3, 0.4) is 0 Å². The number of aromatic nitrogens is 3. The molecule has 0 radical (unpaired) electrons. The smallest absolute Gasteiger partial charge is 0.237 e. The minimum atomic E-state index is -0.446. The Balaban J connectivity index is 2.05. The topological polar surface area (TPSA) is 85.8 Å². The first-order valence-electron chi connectivity index (χ1n) is 6.11. The zero-order valence-electron chi connectivity index (χ0n) is 10.3. The first-order chi connectivity index (χ1) is 8.13. The van der Waals surface area contributed by atoms with E-state index in [1.807, 2.05) is 13.8 Å². The molecule has 94 valence electrons. The average molecular weight is 237 g/mol. The molecule has 0 aliphatic carbocycles. The highest BCUT2D eigenvalue weighted by atomic mass is 16.2. The van der Waals surface area contributed by atoms with E-state index in [9.17, 15) is 4.79 Å². The number of hydrogen-bond acceptors (Lipinski definition) is 4. The van der Waals surface area contributed by atoms with Crippen LogP contribution in [-0.2, 0) is 17.8 Å². The number of carbonyl (C=O) groups excluding carboxylic acids is 1. The normalized spacial score (nSPS) is 17.6. The second-order valence-electron chi connectivity index (χ2n) is 4.47. The van der Waals surface area contributed by atoms with Gasteiger partial charge in [-0.3, -0.25) is 4.79 Å². The molecule has 6 nitrogen and oxygen atoms in total. The van der Waals surface area contributed by atoms with Gasteiger partial charge in [0.2, 0.25) is 5.91 Å². The van der Waals surface area contributed by atoms with E-state index in [4.69, 9.17) is 5.73 Å². The fourth-order valence-electron chi connectivity index (χ4n) is 2.06. The van der Waals surface area contributed by atoms with Crippen LogP contribution in [-0.4, -0.2) is 26.7 Å². The van der Waals surface area contributed by atoms with Crippen molar-refractivity contribution in [3.63, 3.8) is 0 Å². The molecule has 6 heteroatoms. The SMILES string of the molecule is CCC(N)C(=O)NC(C)c1nnc2n1CCC2. The standard InChI is InChI=1S/C11H19N5O/c1-3-8(12)11(17)13-7(2)10-15-14-9-5-4-6-16(9)10/h7-8H,3-6,12H2,1-2H3,(H,13,17). The second kappa shape index (κ2) is 4.83. The fourth-order valence-corrected chi connectivity index (χ4v) is 2.06. The molecule has 0 aromatic carbocycles. The zero-order chi connectivity index (χ0) is 12.4. The van der Waals surface area contributed by atoms with Crippen LogP contribution in [0.15, 0.2) is 0 Å². The summed E-state index contributed by atoms with van der Waals surface area (Å²) in [4.78, 5) is 11.7. The average Bonchev–Trinajstić information content (AvgIpc) is 2.88. The lowest BCUT2D eigenvalue weighted by molar-refractivity contribution is -0.123. The monoisotopic (exact) mass is 237 g/mol. The third-order valence-electron chi connectivity index (χ3n) is 3.16.